The largest absolute Gasteiger partial charge is 0.494 e. The third-order valence-corrected chi connectivity index (χ3v) is 3.84. The fourth-order valence-corrected chi connectivity index (χ4v) is 2.36. The van der Waals surface area contributed by atoms with Crippen molar-refractivity contribution < 1.29 is 9.53 Å². The van der Waals surface area contributed by atoms with Crippen LogP contribution in [0.4, 0.5) is 4.79 Å². The maximum absolute atomic E-state index is 11.7. The molecule has 2 amide bonds. The molecule has 24 heavy (non-hydrogen) atoms. The predicted molar refractivity (Wildman–Crippen MR) is 97.6 cm³/mol. The molecule has 0 aliphatic carbocycles. The molecule has 0 bridgehead atoms. The van der Waals surface area contributed by atoms with E-state index in [0.29, 0.717) is 19.7 Å². The lowest BCUT2D eigenvalue weighted by molar-refractivity contribution is 0.239. The molecular weight excluding hydrogens is 300 g/mol. The summed E-state index contributed by atoms with van der Waals surface area (Å²) in [7, 11) is 0. The smallest absolute Gasteiger partial charge is 0.314 e. The number of nitrogens with one attached hydrogen (secondary N) is 2. The Morgan fingerprint density at radius 3 is 2.42 bits per heavy atom. The number of carbonyl (C=O) groups excluding carboxylic acids is 1. The Bertz CT molecular complexity index is 638. The highest BCUT2D eigenvalue weighted by molar-refractivity contribution is 5.73. The zero-order valence-corrected chi connectivity index (χ0v) is 14.5. The fraction of sp³-hybridized carbons (Fsp3) is 0.350. The van der Waals surface area contributed by atoms with Gasteiger partial charge < -0.3 is 15.4 Å². The van der Waals surface area contributed by atoms with Crippen molar-refractivity contribution in [1.82, 2.24) is 10.6 Å². The van der Waals surface area contributed by atoms with Crippen molar-refractivity contribution in [2.24, 2.45) is 0 Å². The quantitative estimate of drug-likeness (QED) is 0.728. The average Bonchev–Trinajstić information content (AvgIpc) is 2.58. The van der Waals surface area contributed by atoms with Gasteiger partial charge in [0.2, 0.25) is 0 Å². The number of benzene rings is 2. The van der Waals surface area contributed by atoms with E-state index in [1.165, 1.54) is 16.7 Å². The molecule has 0 fully saturated rings. The van der Waals surface area contributed by atoms with Gasteiger partial charge in [-0.25, -0.2) is 4.79 Å². The number of urea groups is 1. The van der Waals surface area contributed by atoms with E-state index in [9.17, 15) is 4.79 Å². The number of aryl methyl sites for hydroxylation is 2. The predicted octanol–water partition coefficient (Wildman–Crippen LogP) is 3.61. The van der Waals surface area contributed by atoms with Gasteiger partial charge in [0, 0.05) is 13.1 Å². The maximum Gasteiger partial charge on any atom is 0.314 e. The molecule has 0 aliphatic heterocycles. The summed E-state index contributed by atoms with van der Waals surface area (Å²) in [5, 5.41) is 5.73. The van der Waals surface area contributed by atoms with Crippen molar-refractivity contribution in [2.75, 3.05) is 19.7 Å². The maximum atomic E-state index is 11.7. The Balaban J connectivity index is 1.53. The summed E-state index contributed by atoms with van der Waals surface area (Å²) in [5.41, 5.74) is 3.74. The van der Waals surface area contributed by atoms with Crippen LogP contribution in [-0.4, -0.2) is 25.7 Å². The molecule has 2 N–H and O–H groups in total. The van der Waals surface area contributed by atoms with E-state index >= 15 is 0 Å². The van der Waals surface area contributed by atoms with E-state index in [1.54, 1.807) is 0 Å². The molecule has 0 aromatic heterocycles. The number of rotatable bonds is 8. The Morgan fingerprint density at radius 1 is 0.958 bits per heavy atom. The second-order valence-electron chi connectivity index (χ2n) is 5.87. The highest BCUT2D eigenvalue weighted by atomic mass is 16.5. The summed E-state index contributed by atoms with van der Waals surface area (Å²) < 4.78 is 5.62. The Kier molecular flexibility index (Phi) is 7.15. The van der Waals surface area contributed by atoms with Crippen LogP contribution in [0.3, 0.4) is 0 Å². The Morgan fingerprint density at radius 2 is 1.67 bits per heavy atom. The van der Waals surface area contributed by atoms with E-state index in [4.69, 9.17) is 4.74 Å². The molecule has 0 radical (unpaired) electrons. The number of ether oxygens (including phenoxy) is 1. The monoisotopic (exact) mass is 326 g/mol. The van der Waals surface area contributed by atoms with Gasteiger partial charge in [0.25, 0.3) is 0 Å². The lowest BCUT2D eigenvalue weighted by atomic mass is 10.1. The number of hydrogen-bond donors (Lipinski definition) is 2. The Labute approximate surface area is 144 Å². The summed E-state index contributed by atoms with van der Waals surface area (Å²) in [6.07, 6.45) is 1.62. The van der Waals surface area contributed by atoms with Crippen LogP contribution in [0.25, 0.3) is 0 Å². The van der Waals surface area contributed by atoms with E-state index in [2.05, 4.69) is 29.7 Å². The van der Waals surface area contributed by atoms with Crippen LogP contribution in [0.1, 0.15) is 23.1 Å². The highest BCUT2D eigenvalue weighted by Crippen LogP contribution is 2.11. The van der Waals surface area contributed by atoms with Crippen molar-refractivity contribution in [2.45, 2.75) is 26.7 Å². The van der Waals surface area contributed by atoms with Crippen LogP contribution >= 0.6 is 0 Å². The zero-order valence-electron chi connectivity index (χ0n) is 14.5. The van der Waals surface area contributed by atoms with Crippen LogP contribution in [-0.2, 0) is 6.42 Å². The molecule has 0 spiro atoms. The molecule has 0 aliphatic rings. The summed E-state index contributed by atoms with van der Waals surface area (Å²) >= 11 is 0. The molecule has 2 rings (SSSR count). The van der Waals surface area contributed by atoms with E-state index in [-0.39, 0.29) is 6.03 Å². The van der Waals surface area contributed by atoms with Gasteiger partial charge in [-0.15, -0.1) is 0 Å². The van der Waals surface area contributed by atoms with Gasteiger partial charge in [-0.05, 0) is 49.9 Å². The van der Waals surface area contributed by atoms with E-state index in [1.807, 2.05) is 43.3 Å². The molecule has 4 heteroatoms. The van der Waals surface area contributed by atoms with Gasteiger partial charge >= 0.3 is 6.03 Å². The molecule has 2 aromatic rings. The molecule has 0 saturated carbocycles. The highest BCUT2D eigenvalue weighted by Gasteiger charge is 2.01. The molecule has 0 atom stereocenters. The molecule has 2 aromatic carbocycles. The van der Waals surface area contributed by atoms with Crippen LogP contribution < -0.4 is 15.4 Å². The fourth-order valence-electron chi connectivity index (χ4n) is 2.36. The second kappa shape index (κ2) is 9.60. The molecule has 0 saturated heterocycles. The van der Waals surface area contributed by atoms with Crippen LogP contribution in [0.2, 0.25) is 0 Å². The lowest BCUT2D eigenvalue weighted by Crippen LogP contribution is -2.37. The van der Waals surface area contributed by atoms with Gasteiger partial charge in [-0.2, -0.15) is 0 Å². The minimum absolute atomic E-state index is 0.126. The molecule has 0 heterocycles. The van der Waals surface area contributed by atoms with Crippen LogP contribution in [0.15, 0.2) is 48.5 Å². The van der Waals surface area contributed by atoms with E-state index in [0.717, 1.165) is 18.6 Å². The Hall–Kier alpha value is -2.49. The van der Waals surface area contributed by atoms with Crippen molar-refractivity contribution >= 4 is 6.03 Å². The first-order chi connectivity index (χ1) is 11.6. The van der Waals surface area contributed by atoms with Gasteiger partial charge in [0.1, 0.15) is 5.75 Å². The van der Waals surface area contributed by atoms with E-state index < -0.39 is 0 Å². The summed E-state index contributed by atoms with van der Waals surface area (Å²) in [4.78, 5) is 11.7. The first-order valence-electron chi connectivity index (χ1n) is 8.41. The normalized spacial score (nSPS) is 10.2. The average molecular weight is 326 g/mol. The molecular formula is C20H26N2O2. The van der Waals surface area contributed by atoms with Gasteiger partial charge in [-0.1, -0.05) is 42.0 Å². The van der Waals surface area contributed by atoms with Crippen LogP contribution in [0, 0.1) is 13.8 Å². The summed E-state index contributed by atoms with van der Waals surface area (Å²) in [6.45, 7) is 5.96. The number of hydrogen-bond acceptors (Lipinski definition) is 2. The standard InChI is InChI=1S/C20H26N2O2/c1-16-8-10-19(11-9-16)24-15-5-13-21-20(23)22-14-12-18-7-4-3-6-17(18)2/h3-4,6-11H,5,12-15H2,1-2H3,(H2,21,22,23). The summed E-state index contributed by atoms with van der Waals surface area (Å²) in [6, 6.07) is 16.1. The number of carbonyl (C=O) groups is 1. The van der Waals surface area contributed by atoms with Crippen LogP contribution in [0.5, 0.6) is 5.75 Å². The second-order valence-corrected chi connectivity index (χ2v) is 5.87. The number of amides is 2. The minimum Gasteiger partial charge on any atom is -0.494 e. The molecule has 4 nitrogen and oxygen atoms in total. The van der Waals surface area contributed by atoms with Crippen molar-refractivity contribution in [1.29, 1.82) is 0 Å². The minimum atomic E-state index is -0.126. The molecule has 128 valence electrons. The van der Waals surface area contributed by atoms with Gasteiger partial charge in [0.05, 0.1) is 6.61 Å². The van der Waals surface area contributed by atoms with Gasteiger partial charge in [0.15, 0.2) is 0 Å². The van der Waals surface area contributed by atoms with Crippen molar-refractivity contribution in [3.05, 3.63) is 65.2 Å². The topological polar surface area (TPSA) is 50.4 Å². The first-order valence-corrected chi connectivity index (χ1v) is 8.41. The SMILES string of the molecule is Cc1ccc(OCCCNC(=O)NCCc2ccccc2C)cc1. The first kappa shape index (κ1) is 17.9. The lowest BCUT2D eigenvalue weighted by Gasteiger charge is -2.10. The third-order valence-electron chi connectivity index (χ3n) is 3.84. The summed E-state index contributed by atoms with van der Waals surface area (Å²) in [5.74, 6) is 0.864. The third kappa shape index (κ3) is 6.32. The zero-order chi connectivity index (χ0) is 17.2. The molecule has 0 unspecified atom stereocenters. The van der Waals surface area contributed by atoms with Crippen molar-refractivity contribution in [3.8, 4) is 5.75 Å². The van der Waals surface area contributed by atoms with Gasteiger partial charge in [-0.3, -0.25) is 0 Å². The van der Waals surface area contributed by atoms with Crippen molar-refractivity contribution in [3.63, 3.8) is 0 Å².